The molecule has 1 N–H and O–H groups in total. The Morgan fingerprint density at radius 2 is 1.64 bits per heavy atom. The van der Waals surface area contributed by atoms with Gasteiger partial charge in [-0.05, 0) is 42.5 Å². The number of benzene rings is 3. The number of aliphatic hydroxyl groups excluding tert-OH is 1. The molecule has 0 spiro atoms. The number of anilines is 1. The van der Waals surface area contributed by atoms with Gasteiger partial charge in [0.15, 0.2) is 0 Å². The third kappa shape index (κ3) is 3.88. The van der Waals surface area contributed by atoms with Gasteiger partial charge in [0.25, 0.3) is 11.7 Å². The Balaban J connectivity index is 1.67. The van der Waals surface area contributed by atoms with Gasteiger partial charge in [-0.3, -0.25) is 14.5 Å². The SMILES string of the molecule is COc1ccc(C(O)=C2C(=O)C(=O)N(c3ccc(-c4ccon4)cc3)C2c2ccccc2OC)cc1. The molecule has 1 unspecified atom stereocenters. The zero-order valence-corrected chi connectivity index (χ0v) is 19.5. The number of ether oxygens (including phenoxy) is 2. The Morgan fingerprint density at radius 1 is 0.917 bits per heavy atom. The van der Waals surface area contributed by atoms with E-state index in [1.165, 1.54) is 25.4 Å². The molecule has 180 valence electrons. The zero-order valence-electron chi connectivity index (χ0n) is 19.5. The number of carbonyl (C=O) groups is 2. The number of aromatic nitrogens is 1. The predicted molar refractivity (Wildman–Crippen MR) is 133 cm³/mol. The first-order valence-corrected chi connectivity index (χ1v) is 11.1. The Morgan fingerprint density at radius 3 is 2.28 bits per heavy atom. The number of ketones is 1. The fourth-order valence-corrected chi connectivity index (χ4v) is 4.34. The summed E-state index contributed by atoms with van der Waals surface area (Å²) in [6, 6.07) is 21.6. The van der Waals surface area contributed by atoms with E-state index in [0.717, 1.165) is 5.56 Å². The molecule has 1 saturated heterocycles. The summed E-state index contributed by atoms with van der Waals surface area (Å²) in [6.45, 7) is 0. The minimum atomic E-state index is -0.916. The highest BCUT2D eigenvalue weighted by Gasteiger charge is 2.47. The third-order valence-electron chi connectivity index (χ3n) is 6.12. The van der Waals surface area contributed by atoms with E-state index in [0.29, 0.717) is 34.0 Å². The summed E-state index contributed by atoms with van der Waals surface area (Å²) < 4.78 is 15.7. The lowest BCUT2D eigenvalue weighted by Crippen LogP contribution is -2.29. The van der Waals surface area contributed by atoms with E-state index in [9.17, 15) is 14.7 Å². The summed E-state index contributed by atoms with van der Waals surface area (Å²) in [7, 11) is 3.05. The number of carbonyl (C=O) groups excluding carboxylic acids is 2. The van der Waals surface area contributed by atoms with Crippen LogP contribution in [0.2, 0.25) is 0 Å². The van der Waals surface area contributed by atoms with Gasteiger partial charge in [-0.15, -0.1) is 0 Å². The van der Waals surface area contributed by atoms with Gasteiger partial charge < -0.3 is 19.1 Å². The highest BCUT2D eigenvalue weighted by molar-refractivity contribution is 6.51. The number of aliphatic hydroxyl groups is 1. The molecule has 0 saturated carbocycles. The average Bonchev–Trinajstić information content (AvgIpc) is 3.55. The lowest BCUT2D eigenvalue weighted by atomic mass is 9.94. The molecule has 0 aliphatic carbocycles. The average molecular weight is 482 g/mol. The molecule has 1 aliphatic rings. The maximum Gasteiger partial charge on any atom is 0.300 e. The lowest BCUT2D eigenvalue weighted by Gasteiger charge is -2.26. The van der Waals surface area contributed by atoms with Crippen LogP contribution in [0.5, 0.6) is 11.5 Å². The minimum absolute atomic E-state index is 0.0322. The molecular formula is C28H22N2O6. The highest BCUT2D eigenvalue weighted by atomic mass is 16.5. The van der Waals surface area contributed by atoms with Crippen LogP contribution in [0.25, 0.3) is 17.0 Å². The molecule has 3 aromatic carbocycles. The van der Waals surface area contributed by atoms with E-state index in [4.69, 9.17) is 14.0 Å². The number of hydrogen-bond donors (Lipinski definition) is 1. The smallest absolute Gasteiger partial charge is 0.300 e. The fraction of sp³-hybridized carbons (Fsp3) is 0.107. The van der Waals surface area contributed by atoms with Gasteiger partial charge in [-0.1, -0.05) is 35.5 Å². The Hall–Kier alpha value is -4.85. The first-order chi connectivity index (χ1) is 17.5. The van der Waals surface area contributed by atoms with Crippen molar-refractivity contribution in [1.29, 1.82) is 0 Å². The maximum absolute atomic E-state index is 13.4. The van der Waals surface area contributed by atoms with Gasteiger partial charge in [0.1, 0.15) is 29.2 Å². The van der Waals surface area contributed by atoms with E-state index in [1.807, 2.05) is 0 Å². The molecule has 1 aliphatic heterocycles. The van der Waals surface area contributed by atoms with E-state index >= 15 is 0 Å². The van der Waals surface area contributed by atoms with Crippen molar-refractivity contribution >= 4 is 23.1 Å². The number of Topliss-reactive ketones (excluding diaryl/α,β-unsaturated/α-hetero) is 1. The molecule has 8 heteroatoms. The quantitative estimate of drug-likeness (QED) is 0.235. The largest absolute Gasteiger partial charge is 0.507 e. The normalized spacial score (nSPS) is 16.8. The van der Waals surface area contributed by atoms with Gasteiger partial charge in [-0.25, -0.2) is 0 Å². The molecule has 1 atom stereocenters. The van der Waals surface area contributed by atoms with Crippen molar-refractivity contribution in [3.8, 4) is 22.8 Å². The van der Waals surface area contributed by atoms with E-state index < -0.39 is 17.7 Å². The second-order valence-electron chi connectivity index (χ2n) is 8.07. The molecule has 5 rings (SSSR count). The standard InChI is InChI=1S/C28H22N2O6/c1-34-20-13-9-18(10-14-20)26(31)24-25(21-5-3-4-6-23(21)35-2)30(28(33)27(24)32)19-11-7-17(8-12-19)22-15-16-36-29-22/h3-16,25,31H,1-2H3. The van der Waals surface area contributed by atoms with Crippen LogP contribution in [0.15, 0.2) is 95.2 Å². The number of amides is 1. The van der Waals surface area contributed by atoms with Crippen molar-refractivity contribution in [2.75, 3.05) is 19.1 Å². The van der Waals surface area contributed by atoms with Crippen LogP contribution >= 0.6 is 0 Å². The van der Waals surface area contributed by atoms with Gasteiger partial charge in [0.2, 0.25) is 0 Å². The first kappa shape index (κ1) is 22.9. The summed E-state index contributed by atoms with van der Waals surface area (Å²) in [5, 5.41) is 15.2. The Kier molecular flexibility index (Phi) is 6.00. The highest BCUT2D eigenvalue weighted by Crippen LogP contribution is 2.45. The molecule has 2 heterocycles. The summed E-state index contributed by atoms with van der Waals surface area (Å²) >= 11 is 0. The fourth-order valence-electron chi connectivity index (χ4n) is 4.34. The van der Waals surface area contributed by atoms with Crippen LogP contribution in [0.1, 0.15) is 17.2 Å². The summed E-state index contributed by atoms with van der Waals surface area (Å²) in [6.07, 6.45) is 1.47. The van der Waals surface area contributed by atoms with Crippen molar-refractivity contribution in [3.63, 3.8) is 0 Å². The maximum atomic E-state index is 13.4. The monoisotopic (exact) mass is 482 g/mol. The molecule has 1 aromatic heterocycles. The summed E-state index contributed by atoms with van der Waals surface area (Å²) in [4.78, 5) is 28.1. The number of para-hydroxylation sites is 1. The first-order valence-electron chi connectivity index (χ1n) is 11.1. The second-order valence-corrected chi connectivity index (χ2v) is 8.07. The topological polar surface area (TPSA) is 102 Å². The molecule has 36 heavy (non-hydrogen) atoms. The third-order valence-corrected chi connectivity index (χ3v) is 6.12. The Bertz CT molecular complexity index is 1440. The summed E-state index contributed by atoms with van der Waals surface area (Å²) in [5.74, 6) is -0.752. The van der Waals surface area contributed by atoms with Crippen molar-refractivity contribution in [2.45, 2.75) is 6.04 Å². The Labute approximate surface area is 207 Å². The molecule has 1 amide bonds. The predicted octanol–water partition coefficient (Wildman–Crippen LogP) is 4.99. The molecule has 1 fully saturated rings. The van der Waals surface area contributed by atoms with Crippen LogP contribution in [-0.2, 0) is 9.59 Å². The van der Waals surface area contributed by atoms with Crippen LogP contribution < -0.4 is 14.4 Å². The van der Waals surface area contributed by atoms with Gasteiger partial charge in [0, 0.05) is 28.4 Å². The molecule has 0 bridgehead atoms. The summed E-state index contributed by atoms with van der Waals surface area (Å²) in [5.41, 5.74) is 2.83. The number of rotatable bonds is 6. The van der Waals surface area contributed by atoms with Gasteiger partial charge >= 0.3 is 0 Å². The van der Waals surface area contributed by atoms with Gasteiger partial charge in [-0.2, -0.15) is 0 Å². The number of nitrogens with zero attached hydrogens (tertiary/aromatic N) is 2. The van der Waals surface area contributed by atoms with Crippen molar-refractivity contribution in [1.82, 2.24) is 5.16 Å². The van der Waals surface area contributed by atoms with E-state index in [2.05, 4.69) is 5.16 Å². The van der Waals surface area contributed by atoms with Crippen LogP contribution in [0, 0.1) is 0 Å². The zero-order chi connectivity index (χ0) is 25.2. The van der Waals surface area contributed by atoms with Crippen molar-refractivity contribution in [2.24, 2.45) is 0 Å². The number of methoxy groups -OCH3 is 2. The number of hydrogen-bond acceptors (Lipinski definition) is 7. The van der Waals surface area contributed by atoms with E-state index in [1.54, 1.807) is 78.9 Å². The molecule has 4 aromatic rings. The van der Waals surface area contributed by atoms with Crippen molar-refractivity contribution in [3.05, 3.63) is 102 Å². The molecular weight excluding hydrogens is 460 g/mol. The van der Waals surface area contributed by atoms with E-state index in [-0.39, 0.29) is 11.3 Å². The molecule has 0 radical (unpaired) electrons. The molecule has 8 nitrogen and oxygen atoms in total. The lowest BCUT2D eigenvalue weighted by molar-refractivity contribution is -0.132. The van der Waals surface area contributed by atoms with Crippen molar-refractivity contribution < 1.29 is 28.7 Å². The van der Waals surface area contributed by atoms with Crippen LogP contribution in [0.4, 0.5) is 5.69 Å². The van der Waals surface area contributed by atoms with Crippen LogP contribution in [0.3, 0.4) is 0 Å². The van der Waals surface area contributed by atoms with Gasteiger partial charge in [0.05, 0.1) is 25.8 Å². The minimum Gasteiger partial charge on any atom is -0.507 e. The second kappa shape index (κ2) is 9.42. The van der Waals surface area contributed by atoms with Crippen LogP contribution in [-0.4, -0.2) is 36.2 Å².